The molecule has 0 fully saturated rings. The predicted octanol–water partition coefficient (Wildman–Crippen LogP) is 3.84. The van der Waals surface area contributed by atoms with Crippen molar-refractivity contribution in [2.24, 2.45) is 7.05 Å². The minimum absolute atomic E-state index is 0.193. The van der Waals surface area contributed by atoms with Crippen LogP contribution in [0.4, 0.5) is 10.1 Å². The van der Waals surface area contributed by atoms with Crippen molar-refractivity contribution >= 4 is 11.6 Å². The highest BCUT2D eigenvalue weighted by Gasteiger charge is 2.19. The Hall–Kier alpha value is -3.94. The minimum atomic E-state index is -0.341. The van der Waals surface area contributed by atoms with E-state index in [1.54, 1.807) is 46.1 Å². The van der Waals surface area contributed by atoms with Crippen molar-refractivity contribution in [3.8, 4) is 22.8 Å². The first-order valence-electron chi connectivity index (χ1n) is 9.98. The zero-order valence-corrected chi connectivity index (χ0v) is 18.5. The van der Waals surface area contributed by atoms with Gasteiger partial charge in [-0.15, -0.1) is 0 Å². The summed E-state index contributed by atoms with van der Waals surface area (Å²) in [6.07, 6.45) is 1.19. The molecule has 0 atom stereocenters. The molecule has 0 saturated carbocycles. The van der Waals surface area contributed by atoms with Crippen LogP contribution < -0.4 is 20.9 Å². The summed E-state index contributed by atoms with van der Waals surface area (Å²) >= 11 is 0. The molecule has 0 bridgehead atoms. The van der Waals surface area contributed by atoms with Crippen LogP contribution in [0, 0.1) is 19.7 Å². The van der Waals surface area contributed by atoms with Gasteiger partial charge in [0.1, 0.15) is 23.0 Å². The number of nitrogens with zero attached hydrogens (tertiary/aromatic N) is 2. The number of anilines is 1. The maximum Gasteiger partial charge on any atom is 0.289 e. The lowest BCUT2D eigenvalue weighted by Gasteiger charge is -2.18. The number of aryl methyl sites for hydroxylation is 3. The topological polar surface area (TPSA) is 85.3 Å². The van der Waals surface area contributed by atoms with Gasteiger partial charge in [-0.1, -0.05) is 18.7 Å². The third-order valence-electron chi connectivity index (χ3n) is 4.98. The lowest BCUT2D eigenvalue weighted by atomic mass is 10.0. The summed E-state index contributed by atoms with van der Waals surface area (Å²) in [4.78, 5) is 24.1. The number of carbonyl (C=O) groups is 1. The number of rotatable bonds is 7. The molecule has 3 rings (SSSR count). The molecule has 0 spiro atoms. The molecule has 3 aromatic rings. The molecule has 166 valence electrons. The molecule has 0 aliphatic carbocycles. The Morgan fingerprint density at radius 2 is 1.94 bits per heavy atom. The lowest BCUT2D eigenvalue weighted by Crippen LogP contribution is -2.23. The second-order valence-electron chi connectivity index (χ2n) is 7.30. The van der Waals surface area contributed by atoms with Crippen LogP contribution in [0.1, 0.15) is 16.7 Å². The Labute approximate surface area is 185 Å². The maximum absolute atomic E-state index is 13.8. The Morgan fingerprint density at radius 1 is 1.25 bits per heavy atom. The number of amides is 1. The Kier molecular flexibility index (Phi) is 6.73. The van der Waals surface area contributed by atoms with Crippen LogP contribution in [0.25, 0.3) is 11.3 Å². The zero-order valence-electron chi connectivity index (χ0n) is 18.5. The van der Waals surface area contributed by atoms with Gasteiger partial charge in [0.05, 0.1) is 5.69 Å². The van der Waals surface area contributed by atoms with Gasteiger partial charge in [0, 0.05) is 26.2 Å². The highest BCUT2D eigenvalue weighted by molar-refractivity contribution is 5.87. The van der Waals surface area contributed by atoms with E-state index in [9.17, 15) is 14.0 Å². The third-order valence-corrected chi connectivity index (χ3v) is 4.98. The van der Waals surface area contributed by atoms with Crippen molar-refractivity contribution in [1.82, 2.24) is 15.1 Å². The van der Waals surface area contributed by atoms with Crippen LogP contribution >= 0.6 is 0 Å². The first-order chi connectivity index (χ1) is 15.2. The van der Waals surface area contributed by atoms with Crippen molar-refractivity contribution in [3.63, 3.8) is 0 Å². The lowest BCUT2D eigenvalue weighted by molar-refractivity contribution is -0.116. The largest absolute Gasteiger partial charge is 0.456 e. The molecule has 8 heteroatoms. The molecule has 1 aromatic heterocycles. The summed E-state index contributed by atoms with van der Waals surface area (Å²) in [6, 6.07) is 9.83. The minimum Gasteiger partial charge on any atom is -0.456 e. The van der Waals surface area contributed by atoms with Gasteiger partial charge in [-0.2, -0.15) is 5.10 Å². The normalized spacial score (nSPS) is 10.5. The molecule has 0 saturated heterocycles. The Morgan fingerprint density at radius 3 is 2.56 bits per heavy atom. The molecule has 0 unspecified atom stereocenters. The van der Waals surface area contributed by atoms with Gasteiger partial charge < -0.3 is 15.4 Å². The Balaban J connectivity index is 2.20. The van der Waals surface area contributed by atoms with E-state index in [4.69, 9.17) is 4.74 Å². The molecule has 2 aromatic carbocycles. The fourth-order valence-electron chi connectivity index (χ4n) is 3.43. The van der Waals surface area contributed by atoms with Gasteiger partial charge in [0.15, 0.2) is 0 Å². The molecule has 2 N–H and O–H groups in total. The Bertz CT molecular complexity index is 1230. The van der Waals surface area contributed by atoms with Gasteiger partial charge in [0.2, 0.25) is 5.91 Å². The van der Waals surface area contributed by atoms with Crippen molar-refractivity contribution < 1.29 is 13.9 Å². The number of halogens is 1. The standard InChI is InChI=1S/C24H25FN4O3/c1-6-21(30)27-13-16-8-7-9-20(32-23-14(2)10-17(25)11-15(23)3)22(16)18-12-19(26-4)24(31)29(5)28-18/h6-12,26H,1,13H2,2-5H3,(H,27,30). The summed E-state index contributed by atoms with van der Waals surface area (Å²) in [5, 5.41) is 10.1. The second kappa shape index (κ2) is 9.47. The number of hydrogen-bond donors (Lipinski definition) is 2. The van der Waals surface area contributed by atoms with E-state index in [1.165, 1.54) is 22.9 Å². The van der Waals surface area contributed by atoms with E-state index in [0.717, 1.165) is 5.56 Å². The molecule has 0 aliphatic heterocycles. The highest BCUT2D eigenvalue weighted by Crippen LogP contribution is 2.38. The summed E-state index contributed by atoms with van der Waals surface area (Å²) in [5.41, 5.74) is 3.18. The van der Waals surface area contributed by atoms with Gasteiger partial charge in [0.25, 0.3) is 5.56 Å². The van der Waals surface area contributed by atoms with E-state index in [1.807, 2.05) is 6.07 Å². The fourth-order valence-corrected chi connectivity index (χ4v) is 3.43. The molecule has 7 nitrogen and oxygen atoms in total. The van der Waals surface area contributed by atoms with Gasteiger partial charge >= 0.3 is 0 Å². The monoisotopic (exact) mass is 436 g/mol. The summed E-state index contributed by atoms with van der Waals surface area (Å²) in [7, 11) is 3.21. The van der Waals surface area contributed by atoms with E-state index in [2.05, 4.69) is 22.3 Å². The van der Waals surface area contributed by atoms with Crippen molar-refractivity contribution in [2.45, 2.75) is 20.4 Å². The van der Waals surface area contributed by atoms with Gasteiger partial charge in [-0.25, -0.2) is 9.07 Å². The van der Waals surface area contributed by atoms with Gasteiger partial charge in [-0.3, -0.25) is 9.59 Å². The van der Waals surface area contributed by atoms with Crippen molar-refractivity contribution in [2.75, 3.05) is 12.4 Å². The van der Waals surface area contributed by atoms with Crippen LogP contribution in [0.5, 0.6) is 11.5 Å². The van der Waals surface area contributed by atoms with E-state index >= 15 is 0 Å². The van der Waals surface area contributed by atoms with Crippen LogP contribution in [0.2, 0.25) is 0 Å². The molecule has 1 amide bonds. The number of aromatic nitrogens is 2. The van der Waals surface area contributed by atoms with Crippen LogP contribution in [0.15, 0.2) is 53.8 Å². The second-order valence-corrected chi connectivity index (χ2v) is 7.30. The smallest absolute Gasteiger partial charge is 0.289 e. The first kappa shape index (κ1) is 22.7. The quantitative estimate of drug-likeness (QED) is 0.550. The summed E-state index contributed by atoms with van der Waals surface area (Å²) in [6.45, 7) is 7.20. The fraction of sp³-hybridized carbons (Fsp3) is 0.208. The maximum atomic E-state index is 13.8. The third kappa shape index (κ3) is 4.69. The molecular formula is C24H25FN4O3. The molecule has 32 heavy (non-hydrogen) atoms. The number of carbonyl (C=O) groups excluding carboxylic acids is 1. The molecule has 1 heterocycles. The predicted molar refractivity (Wildman–Crippen MR) is 122 cm³/mol. The first-order valence-corrected chi connectivity index (χ1v) is 9.98. The average molecular weight is 436 g/mol. The zero-order chi connectivity index (χ0) is 23.4. The van der Waals surface area contributed by atoms with Crippen molar-refractivity contribution in [1.29, 1.82) is 0 Å². The van der Waals surface area contributed by atoms with E-state index < -0.39 is 0 Å². The number of benzene rings is 2. The average Bonchev–Trinajstić information content (AvgIpc) is 2.76. The van der Waals surface area contributed by atoms with Gasteiger partial charge in [-0.05, 0) is 60.9 Å². The number of nitrogens with one attached hydrogen (secondary N) is 2. The van der Waals surface area contributed by atoms with Crippen LogP contribution in [-0.4, -0.2) is 22.7 Å². The van der Waals surface area contributed by atoms with Crippen LogP contribution in [0.3, 0.4) is 0 Å². The van der Waals surface area contributed by atoms with Crippen LogP contribution in [-0.2, 0) is 18.4 Å². The molecule has 0 radical (unpaired) electrons. The van der Waals surface area contributed by atoms with Crippen molar-refractivity contribution in [3.05, 3.63) is 81.9 Å². The highest BCUT2D eigenvalue weighted by atomic mass is 19.1. The van der Waals surface area contributed by atoms with E-state index in [-0.39, 0.29) is 23.8 Å². The SMILES string of the molecule is C=CC(=O)NCc1cccc(Oc2c(C)cc(F)cc2C)c1-c1cc(NC)c(=O)n(C)n1. The number of ether oxygens (including phenoxy) is 1. The summed E-state index contributed by atoms with van der Waals surface area (Å²) in [5.74, 6) is 0.323. The number of hydrogen-bond acceptors (Lipinski definition) is 5. The summed E-state index contributed by atoms with van der Waals surface area (Å²) < 4.78 is 21.3. The van der Waals surface area contributed by atoms with E-state index in [0.29, 0.717) is 39.6 Å². The molecule has 0 aliphatic rings. The molecular weight excluding hydrogens is 411 g/mol.